The maximum absolute atomic E-state index is 5.73. The number of nitrogens with zero attached hydrogens (tertiary/aromatic N) is 3. The van der Waals surface area contributed by atoms with Crippen LogP contribution in [0.5, 0.6) is 0 Å². The van der Waals surface area contributed by atoms with Crippen LogP contribution in [0.3, 0.4) is 0 Å². The molecular weight excluding hydrogens is 485 g/mol. The molecule has 1 saturated heterocycles. The van der Waals surface area contributed by atoms with E-state index in [4.69, 9.17) is 14.7 Å². The highest BCUT2D eigenvalue weighted by Crippen LogP contribution is 2.51. The van der Waals surface area contributed by atoms with Gasteiger partial charge in [-0.05, 0) is 33.1 Å². The third-order valence-electron chi connectivity index (χ3n) is 6.49. The number of hydrogen-bond acceptors (Lipinski definition) is 5. The maximum Gasteiger partial charge on any atom is 0.191 e. The fraction of sp³-hybridized carbons (Fsp3) is 0.800. The van der Waals surface area contributed by atoms with Crippen LogP contribution in [0.15, 0.2) is 10.4 Å². The maximum atomic E-state index is 5.73. The van der Waals surface area contributed by atoms with E-state index in [0.29, 0.717) is 6.04 Å². The first-order chi connectivity index (χ1) is 12.9. The molecule has 0 aromatic carbocycles. The third-order valence-corrected chi connectivity index (χ3v) is 7.44. The molecule has 2 unspecified atom stereocenters. The van der Waals surface area contributed by atoms with Crippen LogP contribution < -0.4 is 15.5 Å². The first kappa shape index (κ1) is 23.7. The van der Waals surface area contributed by atoms with Crippen molar-refractivity contribution in [1.82, 2.24) is 15.6 Å². The van der Waals surface area contributed by atoms with Gasteiger partial charge in [0, 0.05) is 56.5 Å². The number of halogens is 1. The van der Waals surface area contributed by atoms with Gasteiger partial charge in [-0.2, -0.15) is 0 Å². The van der Waals surface area contributed by atoms with Gasteiger partial charge in [-0.3, -0.25) is 4.99 Å². The second-order valence-corrected chi connectivity index (χ2v) is 9.22. The van der Waals surface area contributed by atoms with Crippen LogP contribution in [0, 0.1) is 5.41 Å². The summed E-state index contributed by atoms with van der Waals surface area (Å²) in [5.74, 6) is 0.892. The number of anilines is 1. The largest absolute Gasteiger partial charge is 0.378 e. The van der Waals surface area contributed by atoms with Crippen molar-refractivity contribution in [2.75, 3.05) is 38.2 Å². The lowest BCUT2D eigenvalue weighted by molar-refractivity contribution is -0.176. The molecule has 1 aliphatic heterocycles. The molecule has 28 heavy (non-hydrogen) atoms. The van der Waals surface area contributed by atoms with Crippen LogP contribution >= 0.6 is 35.3 Å². The van der Waals surface area contributed by atoms with Gasteiger partial charge in [0.05, 0.1) is 11.3 Å². The van der Waals surface area contributed by atoms with Crippen molar-refractivity contribution in [1.29, 1.82) is 0 Å². The molecule has 0 spiro atoms. The van der Waals surface area contributed by atoms with Crippen LogP contribution in [-0.4, -0.2) is 55.9 Å². The quantitative estimate of drug-likeness (QED) is 0.326. The van der Waals surface area contributed by atoms with Crippen LogP contribution in [-0.2, 0) is 11.2 Å². The third kappa shape index (κ3) is 4.92. The first-order valence-corrected chi connectivity index (χ1v) is 11.1. The summed E-state index contributed by atoms with van der Waals surface area (Å²) in [7, 11) is 1.81. The van der Waals surface area contributed by atoms with Gasteiger partial charge in [-0.15, -0.1) is 35.3 Å². The molecule has 2 N–H and O–H groups in total. The fourth-order valence-electron chi connectivity index (χ4n) is 3.96. The zero-order valence-electron chi connectivity index (χ0n) is 17.9. The second kappa shape index (κ2) is 9.93. The molecule has 2 aliphatic rings. The monoisotopic (exact) mass is 521 g/mol. The number of ether oxygens (including phenoxy) is 1. The van der Waals surface area contributed by atoms with Crippen molar-refractivity contribution in [2.45, 2.75) is 65.0 Å². The van der Waals surface area contributed by atoms with E-state index in [2.05, 4.69) is 48.6 Å². The smallest absolute Gasteiger partial charge is 0.191 e. The standard InChI is InChI=1S/C20H35N5OS.HI/c1-6-21-17(24-16-13-20(4,26-5)19(16,2)3)22-10-9-15-14-27-18(23-15)25-11-7-8-12-25;/h14,16H,6-13H2,1-5H3,(H2,21,22,24);1H. The Bertz CT molecular complexity index is 659. The lowest BCUT2D eigenvalue weighted by Gasteiger charge is -2.59. The van der Waals surface area contributed by atoms with E-state index in [1.54, 1.807) is 11.3 Å². The number of thiazole rings is 1. The summed E-state index contributed by atoms with van der Waals surface area (Å²) < 4.78 is 5.73. The molecule has 1 aromatic rings. The van der Waals surface area contributed by atoms with Gasteiger partial charge >= 0.3 is 0 Å². The summed E-state index contributed by atoms with van der Waals surface area (Å²) in [5, 5.41) is 10.3. The van der Waals surface area contributed by atoms with Crippen molar-refractivity contribution in [2.24, 2.45) is 10.4 Å². The lowest BCUT2D eigenvalue weighted by atomic mass is 9.56. The number of nitrogens with one attached hydrogen (secondary N) is 2. The van der Waals surface area contributed by atoms with Gasteiger partial charge in [-0.1, -0.05) is 13.8 Å². The topological polar surface area (TPSA) is 61.8 Å². The minimum Gasteiger partial charge on any atom is -0.378 e. The molecule has 2 fully saturated rings. The number of methoxy groups -OCH3 is 1. The predicted octanol–water partition coefficient (Wildman–Crippen LogP) is 3.66. The number of hydrogen-bond donors (Lipinski definition) is 2. The molecule has 1 saturated carbocycles. The van der Waals surface area contributed by atoms with Gasteiger partial charge in [0.25, 0.3) is 0 Å². The van der Waals surface area contributed by atoms with Crippen LogP contribution in [0.1, 0.15) is 52.7 Å². The fourth-order valence-corrected chi connectivity index (χ4v) is 4.87. The second-order valence-electron chi connectivity index (χ2n) is 8.38. The van der Waals surface area contributed by atoms with Crippen LogP contribution in [0.2, 0.25) is 0 Å². The Balaban J connectivity index is 0.00000280. The van der Waals surface area contributed by atoms with Gasteiger partial charge < -0.3 is 20.3 Å². The number of aliphatic imine (C=N–C) groups is 1. The molecule has 2 heterocycles. The Hall–Kier alpha value is -0.610. The lowest BCUT2D eigenvalue weighted by Crippen LogP contribution is -2.69. The van der Waals surface area contributed by atoms with E-state index < -0.39 is 0 Å². The van der Waals surface area contributed by atoms with Crippen LogP contribution in [0.25, 0.3) is 0 Å². The van der Waals surface area contributed by atoms with E-state index >= 15 is 0 Å². The number of guanidine groups is 1. The Kier molecular flexibility index (Phi) is 8.39. The van der Waals surface area contributed by atoms with Crippen molar-refractivity contribution in [3.63, 3.8) is 0 Å². The average Bonchev–Trinajstić information content (AvgIpc) is 3.32. The molecule has 3 rings (SSSR count). The zero-order valence-corrected chi connectivity index (χ0v) is 21.0. The Morgan fingerprint density at radius 3 is 2.68 bits per heavy atom. The van der Waals surface area contributed by atoms with Crippen molar-refractivity contribution in [3.05, 3.63) is 11.1 Å². The molecule has 0 amide bonds. The summed E-state index contributed by atoms with van der Waals surface area (Å²) in [4.78, 5) is 12.0. The summed E-state index contributed by atoms with van der Waals surface area (Å²) in [6, 6.07) is 0.362. The Labute approximate surface area is 190 Å². The SMILES string of the molecule is CCNC(=NCCc1csc(N2CCCC2)n1)NC1CC(C)(OC)C1(C)C.I. The van der Waals surface area contributed by atoms with Gasteiger partial charge in [0.1, 0.15) is 0 Å². The molecular formula is C20H36IN5OS. The molecule has 1 aromatic heterocycles. The van der Waals surface area contributed by atoms with Gasteiger partial charge in [0.2, 0.25) is 0 Å². The molecule has 8 heteroatoms. The van der Waals surface area contributed by atoms with E-state index in [0.717, 1.165) is 50.7 Å². The summed E-state index contributed by atoms with van der Waals surface area (Å²) >= 11 is 1.76. The summed E-state index contributed by atoms with van der Waals surface area (Å²) in [5.41, 5.74) is 1.14. The first-order valence-electron chi connectivity index (χ1n) is 10.2. The molecule has 6 nitrogen and oxygen atoms in total. The van der Waals surface area contributed by atoms with E-state index in [-0.39, 0.29) is 35.0 Å². The normalized spacial score (nSPS) is 26.5. The van der Waals surface area contributed by atoms with Crippen LogP contribution in [0.4, 0.5) is 5.13 Å². The number of rotatable bonds is 7. The highest BCUT2D eigenvalue weighted by atomic mass is 127. The molecule has 160 valence electrons. The van der Waals surface area contributed by atoms with Crippen molar-refractivity contribution >= 4 is 46.4 Å². The molecule has 0 bridgehead atoms. The van der Waals surface area contributed by atoms with Gasteiger partial charge in [-0.25, -0.2) is 4.98 Å². The Morgan fingerprint density at radius 1 is 1.36 bits per heavy atom. The van der Waals surface area contributed by atoms with E-state index in [9.17, 15) is 0 Å². The summed E-state index contributed by atoms with van der Waals surface area (Å²) in [6.45, 7) is 12.7. The highest BCUT2D eigenvalue weighted by Gasteiger charge is 2.58. The highest BCUT2D eigenvalue weighted by molar-refractivity contribution is 14.0. The minimum absolute atomic E-state index is 0. The molecule has 1 aliphatic carbocycles. The van der Waals surface area contributed by atoms with Crippen molar-refractivity contribution < 1.29 is 4.74 Å². The minimum atomic E-state index is -0.0748. The van der Waals surface area contributed by atoms with E-state index in [1.807, 2.05) is 7.11 Å². The molecule has 0 radical (unpaired) electrons. The number of aromatic nitrogens is 1. The Morgan fingerprint density at radius 2 is 2.07 bits per heavy atom. The predicted molar refractivity (Wildman–Crippen MR) is 129 cm³/mol. The van der Waals surface area contributed by atoms with Crippen molar-refractivity contribution in [3.8, 4) is 0 Å². The zero-order chi connectivity index (χ0) is 19.5. The van der Waals surface area contributed by atoms with Gasteiger partial charge in [0.15, 0.2) is 11.1 Å². The summed E-state index contributed by atoms with van der Waals surface area (Å²) in [6.07, 6.45) is 4.45. The molecule has 2 atom stereocenters. The van der Waals surface area contributed by atoms with E-state index in [1.165, 1.54) is 18.0 Å². The average molecular weight is 522 g/mol.